The van der Waals surface area contributed by atoms with Gasteiger partial charge >= 0.3 is 6.03 Å². The Kier molecular flexibility index (Phi) is 5.80. The molecule has 176 valence electrons. The molecule has 1 aliphatic heterocycles. The summed E-state index contributed by atoms with van der Waals surface area (Å²) < 4.78 is 0. The number of benzene rings is 1. The van der Waals surface area contributed by atoms with E-state index in [0.717, 1.165) is 27.9 Å². The molecular weight excluding hydrogens is 428 g/mol. The van der Waals surface area contributed by atoms with Crippen molar-refractivity contribution in [3.8, 4) is 17.3 Å². The third-order valence-corrected chi connectivity index (χ3v) is 6.63. The number of aromatic nitrogens is 1. The lowest BCUT2D eigenvalue weighted by atomic mass is 9.63. The summed E-state index contributed by atoms with van der Waals surface area (Å²) in [7, 11) is 0. The maximum absolute atomic E-state index is 13.3. The predicted molar refractivity (Wildman–Crippen MR) is 128 cm³/mol. The second-order valence-corrected chi connectivity index (χ2v) is 10.8. The van der Waals surface area contributed by atoms with Crippen LogP contribution in [0.4, 0.5) is 4.79 Å². The van der Waals surface area contributed by atoms with Crippen molar-refractivity contribution in [2.24, 2.45) is 5.41 Å². The number of nitriles is 1. The van der Waals surface area contributed by atoms with Crippen molar-refractivity contribution < 1.29 is 14.4 Å². The number of Topliss-reactive ketones (excluding diaryl/α,β-unsaturated/α-hetero) is 2. The lowest BCUT2D eigenvalue weighted by Crippen LogP contribution is -2.65. The van der Waals surface area contributed by atoms with E-state index >= 15 is 0 Å². The van der Waals surface area contributed by atoms with Gasteiger partial charge in [-0.15, -0.1) is 0 Å². The number of pyridine rings is 1. The van der Waals surface area contributed by atoms with E-state index in [-0.39, 0.29) is 23.1 Å². The minimum atomic E-state index is -0.758. The molecule has 2 fully saturated rings. The Hall–Kier alpha value is -3.53. The standard InChI is InChI=1S/C27H30N4O3/c1-16-8-19(20-7-6-18(12-28)13-29-20)9-17(2)23(16)24-21(32)10-27(11-22(24)33)14-31(15-27)25(34)30-26(3,4)5/h6-9,13,24H,10-11,14-15H2,1-5H3,(H,30,34). The molecule has 0 unspecified atom stereocenters. The van der Waals surface area contributed by atoms with E-state index in [9.17, 15) is 14.4 Å². The minimum Gasteiger partial charge on any atom is -0.333 e. The molecule has 0 bridgehead atoms. The molecule has 1 spiro atoms. The third-order valence-electron chi connectivity index (χ3n) is 6.63. The predicted octanol–water partition coefficient (Wildman–Crippen LogP) is 4.06. The summed E-state index contributed by atoms with van der Waals surface area (Å²) in [5, 5.41) is 11.9. The molecule has 0 atom stereocenters. The van der Waals surface area contributed by atoms with E-state index in [0.29, 0.717) is 31.5 Å². The smallest absolute Gasteiger partial charge is 0.317 e. The normalized spacial score (nSPS) is 17.9. The summed E-state index contributed by atoms with van der Waals surface area (Å²) in [6, 6.07) is 9.32. The SMILES string of the molecule is Cc1cc(-c2ccc(C#N)cn2)cc(C)c1C1C(=O)CC2(CC1=O)CN(C(=O)NC(C)(C)C)C2. The molecule has 2 amide bonds. The van der Waals surface area contributed by atoms with Crippen LogP contribution in [0.15, 0.2) is 30.5 Å². The van der Waals surface area contributed by atoms with Gasteiger partial charge in [-0.25, -0.2) is 4.79 Å². The van der Waals surface area contributed by atoms with Crippen LogP contribution in [0.3, 0.4) is 0 Å². The van der Waals surface area contributed by atoms with E-state index in [1.54, 1.807) is 17.0 Å². The van der Waals surface area contributed by atoms with Crippen LogP contribution >= 0.6 is 0 Å². The van der Waals surface area contributed by atoms with Gasteiger partial charge in [-0.1, -0.05) is 0 Å². The number of amides is 2. The van der Waals surface area contributed by atoms with Crippen molar-refractivity contribution in [2.45, 2.75) is 58.9 Å². The topological polar surface area (TPSA) is 103 Å². The molecule has 0 radical (unpaired) electrons. The lowest BCUT2D eigenvalue weighted by Gasteiger charge is -2.52. The molecular formula is C27H30N4O3. The summed E-state index contributed by atoms with van der Waals surface area (Å²) in [5.74, 6) is -0.892. The number of ketones is 2. The number of nitrogens with one attached hydrogen (secondary N) is 1. The zero-order chi connectivity index (χ0) is 24.8. The molecule has 1 N–H and O–H groups in total. The van der Waals surface area contributed by atoms with Gasteiger partial charge in [0.1, 0.15) is 23.6 Å². The summed E-state index contributed by atoms with van der Waals surface area (Å²) in [6.45, 7) is 10.5. The van der Waals surface area contributed by atoms with Crippen LogP contribution in [0, 0.1) is 30.6 Å². The van der Waals surface area contributed by atoms with Crippen LogP contribution in [0.2, 0.25) is 0 Å². The molecule has 4 rings (SSSR count). The number of aryl methyl sites for hydroxylation is 2. The average molecular weight is 459 g/mol. The van der Waals surface area contributed by atoms with Crippen molar-refractivity contribution in [1.82, 2.24) is 15.2 Å². The number of carbonyl (C=O) groups excluding carboxylic acids is 3. The molecule has 1 saturated carbocycles. The maximum atomic E-state index is 13.3. The largest absolute Gasteiger partial charge is 0.333 e. The van der Waals surface area contributed by atoms with Gasteiger partial charge in [0.2, 0.25) is 0 Å². The molecule has 2 aromatic rings. The second-order valence-electron chi connectivity index (χ2n) is 10.8. The summed E-state index contributed by atoms with van der Waals surface area (Å²) in [5.41, 5.74) is 3.88. The van der Waals surface area contributed by atoms with E-state index in [2.05, 4.69) is 16.4 Å². The molecule has 2 heterocycles. The highest BCUT2D eigenvalue weighted by molar-refractivity contribution is 6.11. The van der Waals surface area contributed by atoms with Crippen LogP contribution in [-0.4, -0.2) is 46.1 Å². The zero-order valence-corrected chi connectivity index (χ0v) is 20.4. The monoisotopic (exact) mass is 458 g/mol. The number of urea groups is 1. The highest BCUT2D eigenvalue weighted by atomic mass is 16.2. The third kappa shape index (κ3) is 4.45. The van der Waals surface area contributed by atoms with Crippen LogP contribution in [0.5, 0.6) is 0 Å². The quantitative estimate of drug-likeness (QED) is 0.684. The van der Waals surface area contributed by atoms with Gasteiger partial charge in [0, 0.05) is 48.6 Å². The molecule has 1 aromatic carbocycles. The Labute approximate surface area is 200 Å². The molecule has 1 aromatic heterocycles. The van der Waals surface area contributed by atoms with Gasteiger partial charge in [0.25, 0.3) is 0 Å². The van der Waals surface area contributed by atoms with Gasteiger partial charge in [0.05, 0.1) is 11.3 Å². The van der Waals surface area contributed by atoms with E-state index in [1.165, 1.54) is 6.20 Å². The molecule has 34 heavy (non-hydrogen) atoms. The van der Waals surface area contributed by atoms with Gasteiger partial charge in [-0.05, 0) is 75.6 Å². The van der Waals surface area contributed by atoms with Gasteiger partial charge in [-0.2, -0.15) is 5.26 Å². The van der Waals surface area contributed by atoms with E-state index in [4.69, 9.17) is 5.26 Å². The van der Waals surface area contributed by atoms with E-state index < -0.39 is 11.3 Å². The minimum absolute atomic E-state index is 0.0671. The van der Waals surface area contributed by atoms with Crippen molar-refractivity contribution in [3.63, 3.8) is 0 Å². The van der Waals surface area contributed by atoms with Crippen molar-refractivity contribution >= 4 is 17.6 Å². The van der Waals surface area contributed by atoms with Crippen molar-refractivity contribution in [3.05, 3.63) is 52.7 Å². The molecule has 7 heteroatoms. The number of nitrogens with zero attached hydrogens (tertiary/aromatic N) is 3. The second kappa shape index (κ2) is 8.35. The molecule has 7 nitrogen and oxygen atoms in total. The average Bonchev–Trinajstić information content (AvgIpc) is 2.71. The summed E-state index contributed by atoms with van der Waals surface area (Å²) in [4.78, 5) is 45.0. The number of likely N-dealkylation sites (tertiary alicyclic amines) is 1. The van der Waals surface area contributed by atoms with Crippen LogP contribution < -0.4 is 5.32 Å². The Bertz CT molecular complexity index is 1170. The fraction of sp³-hybridized carbons (Fsp3) is 0.444. The Morgan fingerprint density at radius 1 is 1.12 bits per heavy atom. The first kappa shape index (κ1) is 23.6. The Morgan fingerprint density at radius 2 is 1.71 bits per heavy atom. The first-order valence-electron chi connectivity index (χ1n) is 11.5. The summed E-state index contributed by atoms with van der Waals surface area (Å²) in [6.07, 6.45) is 2.15. The number of carbonyl (C=O) groups is 3. The number of hydrogen-bond donors (Lipinski definition) is 1. The lowest BCUT2D eigenvalue weighted by molar-refractivity contribution is -0.141. The Morgan fingerprint density at radius 3 is 2.18 bits per heavy atom. The van der Waals surface area contributed by atoms with Gasteiger partial charge in [0.15, 0.2) is 0 Å². The Balaban J connectivity index is 1.52. The van der Waals surface area contributed by atoms with Crippen molar-refractivity contribution in [1.29, 1.82) is 5.26 Å². The first-order chi connectivity index (χ1) is 15.9. The van der Waals surface area contributed by atoms with Crippen LogP contribution in [-0.2, 0) is 9.59 Å². The maximum Gasteiger partial charge on any atom is 0.317 e. The number of hydrogen-bond acceptors (Lipinski definition) is 5. The molecule has 1 aliphatic carbocycles. The van der Waals surface area contributed by atoms with Gasteiger partial charge < -0.3 is 10.2 Å². The van der Waals surface area contributed by atoms with Gasteiger partial charge in [-0.3, -0.25) is 14.6 Å². The highest BCUT2D eigenvalue weighted by Crippen LogP contribution is 2.46. The van der Waals surface area contributed by atoms with E-state index in [1.807, 2.05) is 46.8 Å². The first-order valence-corrected chi connectivity index (χ1v) is 11.5. The number of rotatable bonds is 2. The molecule has 1 saturated heterocycles. The highest BCUT2D eigenvalue weighted by Gasteiger charge is 2.53. The van der Waals surface area contributed by atoms with Crippen molar-refractivity contribution in [2.75, 3.05) is 13.1 Å². The fourth-order valence-corrected chi connectivity index (χ4v) is 5.25. The van der Waals surface area contributed by atoms with Crippen LogP contribution in [0.25, 0.3) is 11.3 Å². The zero-order valence-electron chi connectivity index (χ0n) is 20.4. The molecule has 2 aliphatic rings. The summed E-state index contributed by atoms with van der Waals surface area (Å²) >= 11 is 0. The van der Waals surface area contributed by atoms with Crippen LogP contribution in [0.1, 0.15) is 61.8 Å². The fourth-order valence-electron chi connectivity index (χ4n) is 5.25.